The SMILES string of the molecule is C=C1c2c(ccc(OC)c2OC)[C@@H](O)[C@]12NCCc1cc3c(cc12)OCO3. The van der Waals surface area contributed by atoms with Gasteiger partial charge in [0, 0.05) is 12.1 Å². The van der Waals surface area contributed by atoms with E-state index >= 15 is 0 Å². The van der Waals surface area contributed by atoms with E-state index in [1.54, 1.807) is 14.2 Å². The quantitative estimate of drug-likeness (QED) is 0.850. The van der Waals surface area contributed by atoms with Gasteiger partial charge >= 0.3 is 0 Å². The molecule has 0 aromatic heterocycles. The summed E-state index contributed by atoms with van der Waals surface area (Å²) in [7, 11) is 3.20. The van der Waals surface area contributed by atoms with Gasteiger partial charge in [-0.1, -0.05) is 12.6 Å². The molecule has 0 unspecified atom stereocenters. The minimum Gasteiger partial charge on any atom is -0.493 e. The highest BCUT2D eigenvalue weighted by Crippen LogP contribution is 2.59. The van der Waals surface area contributed by atoms with Crippen LogP contribution >= 0.6 is 0 Å². The van der Waals surface area contributed by atoms with Crippen molar-refractivity contribution in [1.29, 1.82) is 0 Å². The van der Waals surface area contributed by atoms with Gasteiger partial charge in [-0.2, -0.15) is 0 Å². The second kappa shape index (κ2) is 5.65. The molecule has 0 radical (unpaired) electrons. The van der Waals surface area contributed by atoms with Crippen LogP contribution in [0.2, 0.25) is 0 Å². The molecule has 2 aliphatic heterocycles. The maximum absolute atomic E-state index is 11.4. The highest BCUT2D eigenvalue weighted by molar-refractivity contribution is 5.87. The van der Waals surface area contributed by atoms with Crippen molar-refractivity contribution in [3.05, 3.63) is 53.1 Å². The smallest absolute Gasteiger partial charge is 0.231 e. The number of nitrogens with one attached hydrogen (secondary N) is 1. The Bertz CT molecular complexity index is 970. The Morgan fingerprint density at radius 2 is 1.96 bits per heavy atom. The first-order valence-electron chi connectivity index (χ1n) is 8.92. The summed E-state index contributed by atoms with van der Waals surface area (Å²) in [6.45, 7) is 5.30. The molecule has 0 saturated heterocycles. The van der Waals surface area contributed by atoms with Crippen LogP contribution in [-0.2, 0) is 12.0 Å². The zero-order valence-corrected chi connectivity index (χ0v) is 15.3. The van der Waals surface area contributed by atoms with E-state index in [-0.39, 0.29) is 6.79 Å². The molecule has 0 amide bonds. The van der Waals surface area contributed by atoms with Gasteiger partial charge in [0.05, 0.1) is 14.2 Å². The first-order chi connectivity index (χ1) is 13.1. The number of ether oxygens (including phenoxy) is 4. The second-order valence-corrected chi connectivity index (χ2v) is 6.99. The zero-order chi connectivity index (χ0) is 18.8. The summed E-state index contributed by atoms with van der Waals surface area (Å²) in [5.74, 6) is 2.65. The largest absolute Gasteiger partial charge is 0.493 e. The van der Waals surface area contributed by atoms with Crippen molar-refractivity contribution < 1.29 is 24.1 Å². The van der Waals surface area contributed by atoms with E-state index in [1.807, 2.05) is 24.3 Å². The van der Waals surface area contributed by atoms with Crippen molar-refractivity contribution in [3.63, 3.8) is 0 Å². The zero-order valence-electron chi connectivity index (χ0n) is 15.3. The Balaban J connectivity index is 1.75. The monoisotopic (exact) mass is 367 g/mol. The molecule has 140 valence electrons. The van der Waals surface area contributed by atoms with E-state index in [0.29, 0.717) is 17.2 Å². The van der Waals surface area contributed by atoms with Crippen LogP contribution in [0.4, 0.5) is 0 Å². The molecule has 6 heteroatoms. The minimum atomic E-state index is -0.837. The van der Waals surface area contributed by atoms with Crippen molar-refractivity contribution in [2.45, 2.75) is 18.1 Å². The average molecular weight is 367 g/mol. The van der Waals surface area contributed by atoms with Gasteiger partial charge in [0.25, 0.3) is 0 Å². The minimum absolute atomic E-state index is 0.216. The number of rotatable bonds is 2. The number of benzene rings is 2. The maximum atomic E-state index is 11.4. The van der Waals surface area contributed by atoms with Crippen LogP contribution in [-0.4, -0.2) is 32.7 Å². The number of aliphatic hydroxyl groups is 1. The third kappa shape index (κ3) is 1.97. The summed E-state index contributed by atoms with van der Waals surface area (Å²) >= 11 is 0. The fourth-order valence-electron chi connectivity index (χ4n) is 4.64. The van der Waals surface area contributed by atoms with Crippen LogP contribution in [0, 0.1) is 0 Å². The van der Waals surface area contributed by atoms with E-state index in [2.05, 4.69) is 11.9 Å². The van der Waals surface area contributed by atoms with E-state index in [4.69, 9.17) is 18.9 Å². The van der Waals surface area contributed by atoms with Crippen molar-refractivity contribution in [2.24, 2.45) is 0 Å². The van der Waals surface area contributed by atoms with Crippen molar-refractivity contribution >= 4 is 5.57 Å². The lowest BCUT2D eigenvalue weighted by atomic mass is 9.76. The average Bonchev–Trinajstić information content (AvgIpc) is 3.23. The van der Waals surface area contributed by atoms with Gasteiger partial charge in [0.15, 0.2) is 23.0 Å². The van der Waals surface area contributed by atoms with Crippen LogP contribution in [0.25, 0.3) is 5.57 Å². The number of hydrogen-bond donors (Lipinski definition) is 2. The third-order valence-corrected chi connectivity index (χ3v) is 5.88. The van der Waals surface area contributed by atoms with Gasteiger partial charge in [0.1, 0.15) is 11.6 Å². The summed E-state index contributed by atoms with van der Waals surface area (Å²) in [5.41, 5.74) is 3.58. The first kappa shape index (κ1) is 16.5. The highest BCUT2D eigenvalue weighted by atomic mass is 16.7. The summed E-state index contributed by atoms with van der Waals surface area (Å²) in [5, 5.41) is 14.9. The molecule has 1 aliphatic carbocycles. The fourth-order valence-corrected chi connectivity index (χ4v) is 4.64. The van der Waals surface area contributed by atoms with Gasteiger partial charge in [0.2, 0.25) is 6.79 Å². The van der Waals surface area contributed by atoms with Crippen LogP contribution in [0.5, 0.6) is 23.0 Å². The normalized spacial score (nSPS) is 24.7. The van der Waals surface area contributed by atoms with Crippen LogP contribution in [0.15, 0.2) is 30.8 Å². The van der Waals surface area contributed by atoms with Crippen LogP contribution in [0.3, 0.4) is 0 Å². The summed E-state index contributed by atoms with van der Waals surface area (Å²) < 4.78 is 22.2. The molecule has 2 N–H and O–H groups in total. The topological polar surface area (TPSA) is 69.2 Å². The molecule has 0 saturated carbocycles. The third-order valence-electron chi connectivity index (χ3n) is 5.88. The first-order valence-corrected chi connectivity index (χ1v) is 8.92. The molecule has 0 fully saturated rings. The molecular formula is C21H21NO5. The second-order valence-electron chi connectivity index (χ2n) is 6.99. The lowest BCUT2D eigenvalue weighted by Gasteiger charge is -2.41. The Kier molecular flexibility index (Phi) is 3.44. The Hall–Kier alpha value is -2.70. The number of hydrogen-bond acceptors (Lipinski definition) is 6. The lowest BCUT2D eigenvalue weighted by Crippen LogP contribution is -2.49. The molecular weight excluding hydrogens is 346 g/mol. The molecule has 5 rings (SSSR count). The molecule has 1 spiro atoms. The predicted octanol–water partition coefficient (Wildman–Crippen LogP) is 2.53. The lowest BCUT2D eigenvalue weighted by molar-refractivity contribution is 0.0963. The maximum Gasteiger partial charge on any atom is 0.231 e. The number of fused-ring (bicyclic) bond motifs is 4. The summed E-state index contributed by atoms with van der Waals surface area (Å²) in [6, 6.07) is 7.68. The van der Waals surface area contributed by atoms with Crippen LogP contribution < -0.4 is 24.3 Å². The molecule has 27 heavy (non-hydrogen) atoms. The molecule has 2 atom stereocenters. The molecule has 6 nitrogen and oxygen atoms in total. The Morgan fingerprint density at radius 3 is 2.70 bits per heavy atom. The number of aliphatic hydroxyl groups excluding tert-OH is 1. The molecule has 0 bridgehead atoms. The molecule has 2 heterocycles. The van der Waals surface area contributed by atoms with E-state index in [0.717, 1.165) is 46.5 Å². The highest BCUT2D eigenvalue weighted by Gasteiger charge is 2.53. The standard InChI is InChI=1S/C21H21NO5/c1-11-18-13(4-5-15(24-2)19(18)25-3)20(23)21(11)14-9-17-16(26-10-27-17)8-12(14)6-7-22-21/h4-5,8-9,20,22-23H,1,6-7,10H2,2-3H3/t20-,21+/m1/s1. The molecule has 3 aliphatic rings. The molecule has 2 aromatic carbocycles. The van der Waals surface area contributed by atoms with E-state index in [1.165, 1.54) is 0 Å². The Morgan fingerprint density at radius 1 is 1.19 bits per heavy atom. The summed E-state index contributed by atoms with van der Waals surface area (Å²) in [4.78, 5) is 0. The van der Waals surface area contributed by atoms with E-state index < -0.39 is 11.6 Å². The van der Waals surface area contributed by atoms with Gasteiger partial charge < -0.3 is 29.4 Å². The van der Waals surface area contributed by atoms with Gasteiger partial charge in [-0.25, -0.2) is 0 Å². The van der Waals surface area contributed by atoms with Crippen molar-refractivity contribution in [1.82, 2.24) is 5.32 Å². The van der Waals surface area contributed by atoms with Crippen LogP contribution in [0.1, 0.15) is 28.4 Å². The van der Waals surface area contributed by atoms with Crippen molar-refractivity contribution in [2.75, 3.05) is 27.6 Å². The van der Waals surface area contributed by atoms with Gasteiger partial charge in [-0.05, 0) is 46.9 Å². The van der Waals surface area contributed by atoms with Crippen molar-refractivity contribution in [3.8, 4) is 23.0 Å². The summed E-state index contributed by atoms with van der Waals surface area (Å²) in [6.07, 6.45) is 0.0316. The Labute approximate surface area is 157 Å². The van der Waals surface area contributed by atoms with E-state index in [9.17, 15) is 5.11 Å². The number of methoxy groups -OCH3 is 2. The fraction of sp³-hybridized carbons (Fsp3) is 0.333. The predicted molar refractivity (Wildman–Crippen MR) is 99.5 cm³/mol. The molecule has 2 aromatic rings. The van der Waals surface area contributed by atoms with Gasteiger partial charge in [-0.15, -0.1) is 0 Å². The van der Waals surface area contributed by atoms with Gasteiger partial charge in [-0.3, -0.25) is 0 Å².